The van der Waals surface area contributed by atoms with Gasteiger partial charge in [-0.1, -0.05) is 36.4 Å². The van der Waals surface area contributed by atoms with Gasteiger partial charge in [0.15, 0.2) is 5.43 Å². The van der Waals surface area contributed by atoms with Gasteiger partial charge in [-0.3, -0.25) is 9.59 Å². The van der Waals surface area contributed by atoms with Gasteiger partial charge in [-0.05, 0) is 36.4 Å². The number of rotatable bonds is 4. The van der Waals surface area contributed by atoms with Crippen LogP contribution in [0.15, 0.2) is 77.6 Å². The molecule has 0 aliphatic heterocycles. The highest BCUT2D eigenvalue weighted by molar-refractivity contribution is 7.22. The minimum atomic E-state index is -0.524. The second-order valence-electron chi connectivity index (χ2n) is 6.30. The van der Waals surface area contributed by atoms with Crippen molar-refractivity contribution in [1.82, 2.24) is 0 Å². The highest BCUT2D eigenvalue weighted by Gasteiger charge is 2.19. The summed E-state index contributed by atoms with van der Waals surface area (Å²) in [6, 6.07) is 19.8. The second-order valence-corrected chi connectivity index (χ2v) is 7.35. The van der Waals surface area contributed by atoms with Gasteiger partial charge in [-0.2, -0.15) is 0 Å². The second kappa shape index (κ2) is 7.85. The topological polar surface area (TPSA) is 55.4 Å². The molecule has 0 aliphatic carbocycles. The molecule has 4 aromatic rings. The van der Waals surface area contributed by atoms with E-state index >= 15 is 0 Å². The number of amides is 1. The standard InChI is InChI=1S/C23H16FNO3S/c1-28-15-8-6-7-14(13-15)22(27)25-23-20(16-9-2-4-11-18(16)24)21(26)17-10-3-5-12-19(17)29-23/h2-13H,1H3,(H,25,27). The molecule has 4 rings (SSSR count). The lowest BCUT2D eigenvalue weighted by atomic mass is 10.0. The Morgan fingerprint density at radius 2 is 1.76 bits per heavy atom. The van der Waals surface area contributed by atoms with Crippen LogP contribution in [0.3, 0.4) is 0 Å². The third-order valence-corrected chi connectivity index (χ3v) is 5.59. The summed E-state index contributed by atoms with van der Waals surface area (Å²) in [4.78, 5) is 26.0. The Labute approximate surface area is 170 Å². The fraction of sp³-hybridized carbons (Fsp3) is 0.0435. The van der Waals surface area contributed by atoms with Crippen molar-refractivity contribution in [3.63, 3.8) is 0 Å². The van der Waals surface area contributed by atoms with Crippen LogP contribution in [-0.2, 0) is 0 Å². The number of methoxy groups -OCH3 is 1. The lowest BCUT2D eigenvalue weighted by Gasteiger charge is -2.13. The predicted molar refractivity (Wildman–Crippen MR) is 114 cm³/mol. The van der Waals surface area contributed by atoms with Gasteiger partial charge in [0.05, 0.1) is 12.7 Å². The molecule has 144 valence electrons. The van der Waals surface area contributed by atoms with Crippen molar-refractivity contribution in [2.75, 3.05) is 12.4 Å². The molecule has 0 bridgehead atoms. The maximum atomic E-state index is 14.5. The number of hydrogen-bond acceptors (Lipinski definition) is 4. The van der Waals surface area contributed by atoms with E-state index < -0.39 is 11.7 Å². The number of fused-ring (bicyclic) bond motifs is 1. The van der Waals surface area contributed by atoms with Crippen molar-refractivity contribution in [3.05, 3.63) is 94.4 Å². The van der Waals surface area contributed by atoms with Crippen molar-refractivity contribution in [3.8, 4) is 16.9 Å². The van der Waals surface area contributed by atoms with Crippen molar-refractivity contribution in [1.29, 1.82) is 0 Å². The Hall–Kier alpha value is -3.51. The first-order chi connectivity index (χ1) is 14.1. The molecule has 0 fully saturated rings. The third-order valence-electron chi connectivity index (χ3n) is 4.50. The van der Waals surface area contributed by atoms with Gasteiger partial charge >= 0.3 is 0 Å². The molecule has 0 radical (unpaired) electrons. The van der Waals surface area contributed by atoms with E-state index in [1.165, 1.54) is 30.6 Å². The Bertz CT molecular complexity index is 1280. The molecule has 1 N–H and O–H groups in total. The number of anilines is 1. The van der Waals surface area contributed by atoms with Gasteiger partial charge in [0.2, 0.25) is 0 Å². The zero-order valence-corrected chi connectivity index (χ0v) is 16.3. The van der Waals surface area contributed by atoms with E-state index in [0.717, 1.165) is 0 Å². The van der Waals surface area contributed by atoms with Crippen molar-refractivity contribution < 1.29 is 13.9 Å². The van der Waals surface area contributed by atoms with Gasteiger partial charge in [-0.25, -0.2) is 4.39 Å². The summed E-state index contributed by atoms with van der Waals surface area (Å²) in [7, 11) is 1.52. The summed E-state index contributed by atoms with van der Waals surface area (Å²) in [5, 5.41) is 3.57. The minimum Gasteiger partial charge on any atom is -0.497 e. The molecule has 0 saturated carbocycles. The number of hydrogen-bond donors (Lipinski definition) is 1. The highest BCUT2D eigenvalue weighted by atomic mass is 32.1. The van der Waals surface area contributed by atoms with Gasteiger partial charge in [0.25, 0.3) is 5.91 Å². The molecule has 1 amide bonds. The summed E-state index contributed by atoms with van der Waals surface area (Å²) < 4.78 is 20.4. The van der Waals surface area contributed by atoms with Gasteiger partial charge in [0, 0.05) is 21.2 Å². The Kier molecular flexibility index (Phi) is 5.10. The molecule has 1 heterocycles. The summed E-state index contributed by atoms with van der Waals surface area (Å²) in [6.07, 6.45) is 0. The first kappa shape index (κ1) is 18.8. The largest absolute Gasteiger partial charge is 0.497 e. The van der Waals surface area contributed by atoms with Crippen LogP contribution in [-0.4, -0.2) is 13.0 Å². The summed E-state index contributed by atoms with van der Waals surface area (Å²) in [5.74, 6) is -0.393. The molecule has 6 heteroatoms. The number of halogens is 1. The number of ether oxygens (including phenoxy) is 1. The monoisotopic (exact) mass is 405 g/mol. The van der Waals surface area contributed by atoms with Gasteiger partial charge < -0.3 is 10.1 Å². The summed E-state index contributed by atoms with van der Waals surface area (Å²) in [5.41, 5.74) is 0.338. The zero-order valence-electron chi connectivity index (χ0n) is 15.4. The van der Waals surface area contributed by atoms with E-state index in [1.807, 2.05) is 6.07 Å². The number of carbonyl (C=O) groups is 1. The van der Waals surface area contributed by atoms with E-state index in [1.54, 1.807) is 54.6 Å². The van der Waals surface area contributed by atoms with E-state index in [0.29, 0.717) is 26.4 Å². The van der Waals surface area contributed by atoms with E-state index in [-0.39, 0.29) is 16.6 Å². The first-order valence-corrected chi connectivity index (χ1v) is 9.66. The maximum absolute atomic E-state index is 14.5. The fourth-order valence-corrected chi connectivity index (χ4v) is 4.16. The van der Waals surface area contributed by atoms with E-state index in [2.05, 4.69) is 5.32 Å². The molecule has 0 saturated heterocycles. The van der Waals surface area contributed by atoms with Crippen LogP contribution in [0.4, 0.5) is 9.39 Å². The molecule has 0 spiro atoms. The Morgan fingerprint density at radius 1 is 1.00 bits per heavy atom. The Balaban J connectivity index is 1.89. The molecule has 29 heavy (non-hydrogen) atoms. The molecular formula is C23H16FNO3S. The van der Waals surface area contributed by atoms with E-state index in [9.17, 15) is 14.0 Å². The first-order valence-electron chi connectivity index (χ1n) is 8.84. The fourth-order valence-electron chi connectivity index (χ4n) is 3.08. The van der Waals surface area contributed by atoms with Crippen molar-refractivity contribution in [2.24, 2.45) is 0 Å². The average molecular weight is 405 g/mol. The Morgan fingerprint density at radius 3 is 2.55 bits per heavy atom. The maximum Gasteiger partial charge on any atom is 0.256 e. The summed E-state index contributed by atoms with van der Waals surface area (Å²) >= 11 is 1.23. The molecule has 3 aromatic carbocycles. The normalized spacial score (nSPS) is 10.7. The van der Waals surface area contributed by atoms with Gasteiger partial charge in [-0.15, -0.1) is 11.3 Å². The third kappa shape index (κ3) is 3.62. The van der Waals surface area contributed by atoms with Crippen LogP contribution < -0.4 is 15.5 Å². The van der Waals surface area contributed by atoms with Crippen LogP contribution in [0.5, 0.6) is 5.75 Å². The molecule has 4 nitrogen and oxygen atoms in total. The van der Waals surface area contributed by atoms with Crippen LogP contribution >= 0.6 is 11.3 Å². The van der Waals surface area contributed by atoms with E-state index in [4.69, 9.17) is 4.74 Å². The van der Waals surface area contributed by atoms with Crippen LogP contribution in [0, 0.1) is 5.82 Å². The summed E-state index contributed by atoms with van der Waals surface area (Å²) in [6.45, 7) is 0. The number of carbonyl (C=O) groups excluding carboxylic acids is 1. The molecule has 1 aromatic heterocycles. The SMILES string of the molecule is COc1cccc(C(=O)Nc2sc3ccccc3c(=O)c2-c2ccccc2F)c1. The lowest BCUT2D eigenvalue weighted by molar-refractivity contribution is 0.102. The molecule has 0 aliphatic rings. The van der Waals surface area contributed by atoms with Crippen LogP contribution in [0.25, 0.3) is 21.2 Å². The molecular weight excluding hydrogens is 389 g/mol. The van der Waals surface area contributed by atoms with Crippen molar-refractivity contribution >= 4 is 32.3 Å². The van der Waals surface area contributed by atoms with Crippen LogP contribution in [0.2, 0.25) is 0 Å². The van der Waals surface area contributed by atoms with Gasteiger partial charge in [0.1, 0.15) is 16.6 Å². The quantitative estimate of drug-likeness (QED) is 0.499. The minimum absolute atomic E-state index is 0.142. The van der Waals surface area contributed by atoms with Crippen LogP contribution in [0.1, 0.15) is 10.4 Å². The smallest absolute Gasteiger partial charge is 0.256 e. The molecule has 0 atom stereocenters. The number of benzene rings is 3. The van der Waals surface area contributed by atoms with Crippen molar-refractivity contribution in [2.45, 2.75) is 0 Å². The number of nitrogens with one attached hydrogen (secondary N) is 1. The average Bonchev–Trinajstić information content (AvgIpc) is 2.75. The highest BCUT2D eigenvalue weighted by Crippen LogP contribution is 2.34. The lowest BCUT2D eigenvalue weighted by Crippen LogP contribution is -2.16. The zero-order chi connectivity index (χ0) is 20.4. The molecule has 0 unspecified atom stereocenters. The predicted octanol–water partition coefficient (Wildman–Crippen LogP) is 5.33.